The van der Waals surface area contributed by atoms with Gasteiger partial charge in [0, 0.05) is 18.8 Å². The van der Waals surface area contributed by atoms with Crippen molar-refractivity contribution in [2.24, 2.45) is 12.0 Å². The first-order chi connectivity index (χ1) is 17.1. The first kappa shape index (κ1) is 31.1. The van der Waals surface area contributed by atoms with Crippen molar-refractivity contribution >= 4 is 29.2 Å². The van der Waals surface area contributed by atoms with Crippen LogP contribution in [0, 0.1) is 12.7 Å². The Morgan fingerprint density at radius 2 is 1.78 bits per heavy atom. The lowest BCUT2D eigenvalue weighted by Gasteiger charge is -2.31. The number of aliphatic imine (C=N–C) groups is 1. The monoisotopic (exact) mass is 502 g/mol. The fraction of sp³-hybridized carbons (Fsp3) is 0.500. The van der Waals surface area contributed by atoms with Crippen molar-refractivity contribution < 1.29 is 13.9 Å². The fourth-order valence-electron chi connectivity index (χ4n) is 3.65. The molecule has 1 N–H and O–H groups in total. The van der Waals surface area contributed by atoms with Gasteiger partial charge < -0.3 is 19.7 Å². The number of rotatable bonds is 4. The van der Waals surface area contributed by atoms with Gasteiger partial charge in [0.1, 0.15) is 17.7 Å². The molecule has 0 saturated carbocycles. The fourth-order valence-corrected chi connectivity index (χ4v) is 3.65. The van der Waals surface area contributed by atoms with Crippen LogP contribution in [0.15, 0.2) is 40.6 Å². The van der Waals surface area contributed by atoms with Crippen LogP contribution in [0.1, 0.15) is 66.5 Å². The Bertz CT molecular complexity index is 1110. The number of benzene rings is 1. The summed E-state index contributed by atoms with van der Waals surface area (Å²) in [5.74, 6) is -0.566. The summed E-state index contributed by atoms with van der Waals surface area (Å²) in [7, 11) is 1.65. The standard InChI is InChI=1S/C22H25FN4O3.3C2H6/c1-13-6-7-17(16(23)8-13)25-18-9-19(28)26(5)21-20(18)14(2)27(12-24-21)10-15-11-29-22(3,4)30-15;3*1-2/h6-9,12,15,25H,2,10-11H2,1,3-5H3;3*1-2H3. The topological polar surface area (TPSA) is 68.1 Å². The average molecular weight is 503 g/mol. The Balaban J connectivity index is 0.00000101. The van der Waals surface area contributed by atoms with E-state index in [1.54, 1.807) is 25.5 Å². The molecule has 3 heterocycles. The average Bonchev–Trinajstić information content (AvgIpc) is 3.22. The van der Waals surface area contributed by atoms with Crippen molar-refractivity contribution in [3.8, 4) is 0 Å². The van der Waals surface area contributed by atoms with Crippen LogP contribution in [0.2, 0.25) is 0 Å². The second-order valence-corrected chi connectivity index (χ2v) is 8.06. The maximum atomic E-state index is 14.4. The van der Waals surface area contributed by atoms with Crippen LogP contribution >= 0.6 is 0 Å². The Hall–Kier alpha value is -2.97. The summed E-state index contributed by atoms with van der Waals surface area (Å²) in [5.41, 5.74) is 2.56. The molecule has 0 bridgehead atoms. The summed E-state index contributed by atoms with van der Waals surface area (Å²) in [4.78, 5) is 18.8. The zero-order chi connectivity index (χ0) is 27.6. The van der Waals surface area contributed by atoms with Crippen molar-refractivity contribution in [1.29, 1.82) is 0 Å². The normalized spacial score (nSPS) is 17.0. The minimum atomic E-state index is -0.629. The first-order valence-electron chi connectivity index (χ1n) is 12.7. The number of halogens is 1. The third-order valence-electron chi connectivity index (χ3n) is 5.23. The highest BCUT2D eigenvalue weighted by molar-refractivity contribution is 5.91. The molecule has 1 aromatic carbocycles. The SMILES string of the molecule is C=C1c2c(Nc3ccc(C)cc3F)cc(=O)n(C)c2N=CN1CC1COC(C)(C)O1.CC.CC.CC. The number of pyridine rings is 1. The number of anilines is 2. The van der Waals surface area contributed by atoms with Crippen LogP contribution in [0.5, 0.6) is 0 Å². The molecule has 7 nitrogen and oxygen atoms in total. The van der Waals surface area contributed by atoms with E-state index in [1.165, 1.54) is 16.7 Å². The Morgan fingerprint density at radius 3 is 2.33 bits per heavy atom. The van der Waals surface area contributed by atoms with E-state index in [-0.39, 0.29) is 17.4 Å². The quantitative estimate of drug-likeness (QED) is 0.501. The van der Waals surface area contributed by atoms with Gasteiger partial charge in [0.05, 0.1) is 36.4 Å². The number of nitrogens with zero attached hydrogens (tertiary/aromatic N) is 3. The van der Waals surface area contributed by atoms with Crippen molar-refractivity contribution in [3.63, 3.8) is 0 Å². The van der Waals surface area contributed by atoms with Crippen molar-refractivity contribution in [3.05, 3.63) is 58.1 Å². The molecule has 1 fully saturated rings. The highest BCUT2D eigenvalue weighted by Crippen LogP contribution is 2.37. The minimum absolute atomic E-state index is 0.150. The maximum absolute atomic E-state index is 14.4. The lowest BCUT2D eigenvalue weighted by molar-refractivity contribution is -0.138. The van der Waals surface area contributed by atoms with Crippen LogP contribution in [0.4, 0.5) is 21.6 Å². The predicted molar refractivity (Wildman–Crippen MR) is 149 cm³/mol. The first-order valence-corrected chi connectivity index (χ1v) is 12.7. The number of aryl methyl sites for hydroxylation is 1. The smallest absolute Gasteiger partial charge is 0.254 e. The molecule has 1 saturated heterocycles. The molecule has 8 heteroatoms. The van der Waals surface area contributed by atoms with Crippen molar-refractivity contribution in [1.82, 2.24) is 9.47 Å². The van der Waals surface area contributed by atoms with E-state index >= 15 is 0 Å². The molecule has 36 heavy (non-hydrogen) atoms. The van der Waals surface area contributed by atoms with E-state index in [1.807, 2.05) is 67.2 Å². The molecule has 2 aliphatic heterocycles. The zero-order valence-corrected chi connectivity index (χ0v) is 23.5. The molecule has 2 aromatic rings. The molecular weight excluding hydrogens is 459 g/mol. The zero-order valence-electron chi connectivity index (χ0n) is 23.5. The molecular formula is C28H43FN4O3. The molecule has 200 valence electrons. The molecule has 0 radical (unpaired) electrons. The number of fused-ring (bicyclic) bond motifs is 1. The van der Waals surface area contributed by atoms with E-state index in [0.29, 0.717) is 35.9 Å². The highest BCUT2D eigenvalue weighted by atomic mass is 19.1. The van der Waals surface area contributed by atoms with E-state index in [9.17, 15) is 9.18 Å². The molecule has 0 spiro atoms. The number of aromatic nitrogens is 1. The second kappa shape index (κ2) is 13.9. The lowest BCUT2D eigenvalue weighted by Crippen LogP contribution is -2.35. The number of hydrogen-bond donors (Lipinski definition) is 1. The van der Waals surface area contributed by atoms with Gasteiger partial charge in [0.15, 0.2) is 5.79 Å². The summed E-state index contributed by atoms with van der Waals surface area (Å²) in [5, 5.41) is 3.05. The van der Waals surface area contributed by atoms with Crippen LogP contribution in [0.25, 0.3) is 5.70 Å². The van der Waals surface area contributed by atoms with Gasteiger partial charge in [0.2, 0.25) is 0 Å². The van der Waals surface area contributed by atoms with E-state index < -0.39 is 11.6 Å². The Morgan fingerprint density at radius 1 is 1.14 bits per heavy atom. The highest BCUT2D eigenvalue weighted by Gasteiger charge is 2.35. The summed E-state index contributed by atoms with van der Waals surface area (Å²) in [6.45, 7) is 22.7. The van der Waals surface area contributed by atoms with Gasteiger partial charge in [-0.05, 0) is 38.5 Å². The summed E-state index contributed by atoms with van der Waals surface area (Å²) in [6, 6.07) is 6.32. The van der Waals surface area contributed by atoms with Gasteiger partial charge in [-0.15, -0.1) is 0 Å². The number of nitrogens with one attached hydrogen (secondary N) is 1. The van der Waals surface area contributed by atoms with Gasteiger partial charge in [0.25, 0.3) is 5.56 Å². The minimum Gasteiger partial charge on any atom is -0.352 e. The largest absolute Gasteiger partial charge is 0.352 e. The van der Waals surface area contributed by atoms with Gasteiger partial charge in [-0.25, -0.2) is 9.38 Å². The molecule has 0 amide bonds. The third kappa shape index (κ3) is 7.27. The lowest BCUT2D eigenvalue weighted by atomic mass is 10.1. The molecule has 1 unspecified atom stereocenters. The third-order valence-corrected chi connectivity index (χ3v) is 5.23. The Kier molecular flexibility index (Phi) is 12.0. The van der Waals surface area contributed by atoms with Crippen LogP contribution in [0.3, 0.4) is 0 Å². The van der Waals surface area contributed by atoms with Gasteiger partial charge >= 0.3 is 0 Å². The van der Waals surface area contributed by atoms with E-state index in [2.05, 4.69) is 16.9 Å². The maximum Gasteiger partial charge on any atom is 0.254 e. The molecule has 2 aliphatic rings. The van der Waals surface area contributed by atoms with Gasteiger partial charge in [-0.2, -0.15) is 0 Å². The summed E-state index contributed by atoms with van der Waals surface area (Å²) < 4.78 is 27.4. The number of hydrogen-bond acceptors (Lipinski definition) is 6. The van der Waals surface area contributed by atoms with E-state index in [4.69, 9.17) is 9.47 Å². The molecule has 1 atom stereocenters. The second-order valence-electron chi connectivity index (χ2n) is 8.06. The number of ether oxygens (including phenoxy) is 2. The summed E-state index contributed by atoms with van der Waals surface area (Å²) in [6.07, 6.45) is 1.48. The van der Waals surface area contributed by atoms with Gasteiger partial charge in [-0.3, -0.25) is 9.36 Å². The van der Waals surface area contributed by atoms with E-state index in [0.717, 1.165) is 5.56 Å². The molecule has 4 rings (SSSR count). The summed E-state index contributed by atoms with van der Waals surface area (Å²) >= 11 is 0. The van der Waals surface area contributed by atoms with Gasteiger partial charge in [-0.1, -0.05) is 54.2 Å². The van der Waals surface area contributed by atoms with Crippen LogP contribution in [-0.4, -0.2) is 40.8 Å². The van der Waals surface area contributed by atoms with Crippen molar-refractivity contribution in [2.75, 3.05) is 18.5 Å². The Labute approximate surface area is 215 Å². The molecule has 0 aliphatic carbocycles. The van der Waals surface area contributed by atoms with Crippen molar-refractivity contribution in [2.45, 2.75) is 74.2 Å². The van der Waals surface area contributed by atoms with Crippen LogP contribution < -0.4 is 10.9 Å². The predicted octanol–water partition coefficient (Wildman–Crippen LogP) is 6.75. The van der Waals surface area contributed by atoms with Crippen LogP contribution in [-0.2, 0) is 16.5 Å². The molecule has 1 aromatic heterocycles.